The summed E-state index contributed by atoms with van der Waals surface area (Å²) in [7, 11) is 3.81. The molecule has 0 aliphatic carbocycles. The van der Waals surface area contributed by atoms with Crippen LogP contribution in [0.15, 0.2) is 18.2 Å². The number of aromatic nitrogens is 2. The van der Waals surface area contributed by atoms with E-state index in [9.17, 15) is 0 Å². The van der Waals surface area contributed by atoms with Gasteiger partial charge >= 0.3 is 0 Å². The van der Waals surface area contributed by atoms with Gasteiger partial charge in [0.05, 0.1) is 18.1 Å². The van der Waals surface area contributed by atoms with E-state index in [1.807, 2.05) is 18.2 Å². The van der Waals surface area contributed by atoms with Crippen molar-refractivity contribution in [2.24, 2.45) is 0 Å². The summed E-state index contributed by atoms with van der Waals surface area (Å²) in [5.41, 5.74) is 7.97. The van der Waals surface area contributed by atoms with Crippen LogP contribution in [-0.2, 0) is 6.54 Å². The second kappa shape index (κ2) is 6.13. The number of hydrogen-bond donors (Lipinski definition) is 1. The highest BCUT2D eigenvalue weighted by Crippen LogP contribution is 2.23. The summed E-state index contributed by atoms with van der Waals surface area (Å²) < 4.78 is 7.33. The topological polar surface area (TPSA) is 56.3 Å². The summed E-state index contributed by atoms with van der Waals surface area (Å²) in [6, 6.07) is 6.41. The van der Waals surface area contributed by atoms with Crippen LogP contribution < -0.4 is 10.5 Å². The maximum absolute atomic E-state index is 6.03. The number of imidazole rings is 1. The Bertz CT molecular complexity index is 579. The Labute approximate surface area is 120 Å². The molecule has 5 nitrogen and oxygen atoms in total. The lowest BCUT2D eigenvalue weighted by atomic mass is 10.2. The lowest BCUT2D eigenvalue weighted by Gasteiger charge is -2.23. The van der Waals surface area contributed by atoms with E-state index in [0.717, 1.165) is 36.3 Å². The summed E-state index contributed by atoms with van der Waals surface area (Å²) in [6.45, 7) is 6.21. The fourth-order valence-corrected chi connectivity index (χ4v) is 2.27. The molecule has 2 aromatic rings. The third-order valence-corrected chi connectivity index (χ3v) is 4.00. The molecule has 2 N–H and O–H groups in total. The average molecular weight is 276 g/mol. The molecule has 0 saturated carbocycles. The Kier molecular flexibility index (Phi) is 4.49. The van der Waals surface area contributed by atoms with Crippen molar-refractivity contribution in [3.63, 3.8) is 0 Å². The van der Waals surface area contributed by atoms with E-state index < -0.39 is 0 Å². The smallest absolute Gasteiger partial charge is 0.201 e. The number of benzene rings is 1. The van der Waals surface area contributed by atoms with Gasteiger partial charge in [-0.3, -0.25) is 0 Å². The number of nitrogens with two attached hydrogens (primary N) is 1. The monoisotopic (exact) mass is 276 g/mol. The zero-order valence-corrected chi connectivity index (χ0v) is 12.8. The predicted molar refractivity (Wildman–Crippen MR) is 83.1 cm³/mol. The second-order valence-corrected chi connectivity index (χ2v) is 5.21. The Hall–Kier alpha value is -1.75. The maximum atomic E-state index is 6.03. The first-order valence-electron chi connectivity index (χ1n) is 7.06. The summed E-state index contributed by atoms with van der Waals surface area (Å²) in [5, 5.41) is 0. The van der Waals surface area contributed by atoms with Crippen LogP contribution in [0.1, 0.15) is 20.3 Å². The summed E-state index contributed by atoms with van der Waals surface area (Å²) in [4.78, 5) is 6.74. The Morgan fingerprint density at radius 3 is 2.85 bits per heavy atom. The van der Waals surface area contributed by atoms with Gasteiger partial charge in [0, 0.05) is 25.2 Å². The van der Waals surface area contributed by atoms with E-state index >= 15 is 0 Å². The van der Waals surface area contributed by atoms with Crippen molar-refractivity contribution >= 4 is 17.0 Å². The molecule has 0 aliphatic rings. The average Bonchev–Trinajstić information content (AvgIpc) is 2.78. The van der Waals surface area contributed by atoms with Crippen molar-refractivity contribution in [3.8, 4) is 5.75 Å². The minimum Gasteiger partial charge on any atom is -0.497 e. The number of nitrogen functional groups attached to an aromatic ring is 1. The largest absolute Gasteiger partial charge is 0.497 e. The van der Waals surface area contributed by atoms with Crippen LogP contribution in [-0.4, -0.2) is 41.2 Å². The standard InChI is InChI=1S/C15H24N4O/c1-5-11(2)18(3)8-9-19-14-10-12(20-4)6-7-13(14)17-15(19)16/h6-7,10-11H,5,8-9H2,1-4H3,(H2,16,17). The highest BCUT2D eigenvalue weighted by molar-refractivity contribution is 5.79. The summed E-state index contributed by atoms with van der Waals surface area (Å²) in [5.74, 6) is 1.39. The Morgan fingerprint density at radius 2 is 2.20 bits per heavy atom. The summed E-state index contributed by atoms with van der Waals surface area (Å²) >= 11 is 0. The van der Waals surface area contributed by atoms with Gasteiger partial charge in [-0.15, -0.1) is 0 Å². The lowest BCUT2D eigenvalue weighted by Crippen LogP contribution is -2.31. The fourth-order valence-electron chi connectivity index (χ4n) is 2.27. The number of ether oxygens (including phenoxy) is 1. The zero-order valence-electron chi connectivity index (χ0n) is 12.8. The van der Waals surface area contributed by atoms with E-state index in [4.69, 9.17) is 10.5 Å². The van der Waals surface area contributed by atoms with E-state index in [2.05, 4.69) is 35.3 Å². The maximum Gasteiger partial charge on any atom is 0.201 e. The first-order valence-corrected chi connectivity index (χ1v) is 7.06. The molecule has 0 spiro atoms. The van der Waals surface area contributed by atoms with Gasteiger partial charge in [-0.1, -0.05) is 6.92 Å². The van der Waals surface area contributed by atoms with E-state index in [1.165, 1.54) is 0 Å². The third-order valence-electron chi connectivity index (χ3n) is 4.00. The van der Waals surface area contributed by atoms with Gasteiger partial charge in [0.1, 0.15) is 5.75 Å². The number of anilines is 1. The highest BCUT2D eigenvalue weighted by Gasteiger charge is 2.11. The summed E-state index contributed by atoms with van der Waals surface area (Å²) in [6.07, 6.45) is 1.14. The van der Waals surface area contributed by atoms with Gasteiger partial charge in [0.15, 0.2) is 0 Å². The molecule has 1 unspecified atom stereocenters. The Morgan fingerprint density at radius 1 is 1.45 bits per heavy atom. The molecule has 0 fully saturated rings. The van der Waals surface area contributed by atoms with Crippen LogP contribution in [0.25, 0.3) is 11.0 Å². The molecule has 1 atom stereocenters. The first-order chi connectivity index (χ1) is 9.56. The molecule has 0 bridgehead atoms. The number of methoxy groups -OCH3 is 1. The minimum atomic E-state index is 0.561. The highest BCUT2D eigenvalue weighted by atomic mass is 16.5. The van der Waals surface area contributed by atoms with Gasteiger partial charge in [0.25, 0.3) is 0 Å². The van der Waals surface area contributed by atoms with Crippen LogP contribution in [0.5, 0.6) is 5.75 Å². The molecule has 1 heterocycles. The molecule has 110 valence electrons. The number of fused-ring (bicyclic) bond motifs is 1. The van der Waals surface area contributed by atoms with Crippen LogP contribution in [0.2, 0.25) is 0 Å². The number of rotatable bonds is 6. The molecule has 5 heteroatoms. The van der Waals surface area contributed by atoms with Crippen molar-refractivity contribution in [1.82, 2.24) is 14.5 Å². The van der Waals surface area contributed by atoms with Crippen molar-refractivity contribution in [3.05, 3.63) is 18.2 Å². The molecule has 0 amide bonds. The molecule has 20 heavy (non-hydrogen) atoms. The van der Waals surface area contributed by atoms with Crippen LogP contribution in [0.3, 0.4) is 0 Å². The number of nitrogens with zero attached hydrogens (tertiary/aromatic N) is 3. The molecule has 0 aliphatic heterocycles. The van der Waals surface area contributed by atoms with Crippen molar-refractivity contribution < 1.29 is 4.74 Å². The first kappa shape index (κ1) is 14.7. The second-order valence-electron chi connectivity index (χ2n) is 5.21. The van der Waals surface area contributed by atoms with E-state index in [0.29, 0.717) is 12.0 Å². The third kappa shape index (κ3) is 2.88. The van der Waals surface area contributed by atoms with Crippen LogP contribution >= 0.6 is 0 Å². The van der Waals surface area contributed by atoms with Gasteiger partial charge < -0.3 is 19.9 Å². The van der Waals surface area contributed by atoms with Crippen LogP contribution in [0.4, 0.5) is 5.95 Å². The molecule has 1 aromatic heterocycles. The van der Waals surface area contributed by atoms with Gasteiger partial charge in [-0.05, 0) is 32.5 Å². The number of likely N-dealkylation sites (N-methyl/N-ethyl adjacent to an activating group) is 1. The van der Waals surface area contributed by atoms with Crippen molar-refractivity contribution in [2.75, 3.05) is 26.4 Å². The van der Waals surface area contributed by atoms with Gasteiger partial charge in [-0.25, -0.2) is 4.98 Å². The van der Waals surface area contributed by atoms with Crippen molar-refractivity contribution in [2.45, 2.75) is 32.9 Å². The van der Waals surface area contributed by atoms with E-state index in [1.54, 1.807) is 7.11 Å². The van der Waals surface area contributed by atoms with Gasteiger partial charge in [-0.2, -0.15) is 0 Å². The molecule has 0 saturated heterocycles. The fraction of sp³-hybridized carbons (Fsp3) is 0.533. The molecular weight excluding hydrogens is 252 g/mol. The molecule has 0 radical (unpaired) electrons. The molecule has 2 rings (SSSR count). The van der Waals surface area contributed by atoms with Gasteiger partial charge in [0.2, 0.25) is 5.95 Å². The quantitative estimate of drug-likeness (QED) is 0.880. The van der Waals surface area contributed by atoms with Crippen LogP contribution in [0, 0.1) is 0 Å². The molecular formula is C15H24N4O. The zero-order chi connectivity index (χ0) is 14.7. The van der Waals surface area contributed by atoms with Crippen molar-refractivity contribution in [1.29, 1.82) is 0 Å². The predicted octanol–water partition coefficient (Wildman–Crippen LogP) is 2.36. The Balaban J connectivity index is 2.22. The number of hydrogen-bond acceptors (Lipinski definition) is 4. The lowest BCUT2D eigenvalue weighted by molar-refractivity contribution is 0.244. The minimum absolute atomic E-state index is 0.561. The normalized spacial score (nSPS) is 13.1. The van der Waals surface area contributed by atoms with E-state index in [-0.39, 0.29) is 0 Å². The SMILES string of the molecule is CCC(C)N(C)CCn1c(N)nc2ccc(OC)cc21. The molecule has 1 aromatic carbocycles.